The third-order valence-electron chi connectivity index (χ3n) is 2.01. The topological polar surface area (TPSA) is 35.3 Å². The lowest BCUT2D eigenvalue weighted by molar-refractivity contribution is -0.274. The Morgan fingerprint density at radius 2 is 1.82 bits per heavy atom. The van der Waals surface area contributed by atoms with Crippen molar-refractivity contribution < 1.29 is 22.4 Å². The third-order valence-corrected chi connectivity index (χ3v) is 2.01. The summed E-state index contributed by atoms with van der Waals surface area (Å²) in [6.45, 7) is 1.73. The lowest BCUT2D eigenvalue weighted by Crippen LogP contribution is -2.16. The maximum atomic E-state index is 11.9. The van der Waals surface area contributed by atoms with Crippen molar-refractivity contribution in [1.29, 1.82) is 0 Å². The minimum absolute atomic E-state index is 0.263. The fourth-order valence-electron chi connectivity index (χ4n) is 1.33. The molecule has 1 aromatic carbocycles. The molecule has 0 amide bonds. The Morgan fingerprint density at radius 3 is 2.29 bits per heavy atom. The van der Waals surface area contributed by atoms with Gasteiger partial charge in [0.25, 0.3) is 0 Å². The fourth-order valence-corrected chi connectivity index (χ4v) is 1.33. The van der Waals surface area contributed by atoms with E-state index < -0.39 is 6.36 Å². The van der Waals surface area contributed by atoms with Gasteiger partial charge in [0, 0.05) is 11.6 Å². The van der Waals surface area contributed by atoms with E-state index in [1.807, 2.05) is 0 Å². The van der Waals surface area contributed by atoms with Crippen LogP contribution in [0.25, 0.3) is 11.3 Å². The Balaban J connectivity index is 2.19. The summed E-state index contributed by atoms with van der Waals surface area (Å²) in [5.74, 6) is 0.372. The summed E-state index contributed by atoms with van der Waals surface area (Å²) in [6, 6.07) is 7.12. The number of nitrogens with zero attached hydrogens (tertiary/aromatic N) is 1. The van der Waals surface area contributed by atoms with Gasteiger partial charge in [0.05, 0.1) is 0 Å². The van der Waals surface area contributed by atoms with Gasteiger partial charge in [-0.05, 0) is 31.2 Å². The minimum Gasteiger partial charge on any atom is -0.406 e. The fraction of sp³-hybridized carbons (Fsp3) is 0.182. The van der Waals surface area contributed by atoms with E-state index in [1.165, 1.54) is 24.3 Å². The third kappa shape index (κ3) is 2.99. The van der Waals surface area contributed by atoms with E-state index in [2.05, 4.69) is 9.89 Å². The summed E-state index contributed by atoms with van der Waals surface area (Å²) in [6.07, 6.45) is -4.67. The Bertz CT molecular complexity index is 502. The van der Waals surface area contributed by atoms with Gasteiger partial charge in [-0.1, -0.05) is 5.16 Å². The molecule has 0 radical (unpaired) electrons. The monoisotopic (exact) mass is 243 g/mol. The van der Waals surface area contributed by atoms with Crippen LogP contribution < -0.4 is 4.74 Å². The highest BCUT2D eigenvalue weighted by atomic mass is 19.4. The average Bonchev–Trinajstić information content (AvgIpc) is 2.63. The molecule has 2 aromatic rings. The summed E-state index contributed by atoms with van der Waals surface area (Å²) in [7, 11) is 0. The molecule has 1 heterocycles. The molecular formula is C11H8F3NO2. The lowest BCUT2D eigenvalue weighted by Gasteiger charge is -2.08. The molecule has 2 rings (SSSR count). The number of rotatable bonds is 2. The first-order chi connectivity index (χ1) is 7.94. The Morgan fingerprint density at radius 1 is 1.18 bits per heavy atom. The van der Waals surface area contributed by atoms with Crippen molar-refractivity contribution in [3.63, 3.8) is 0 Å². The van der Waals surface area contributed by atoms with Crippen molar-refractivity contribution >= 4 is 0 Å². The number of aromatic nitrogens is 1. The maximum absolute atomic E-state index is 11.9. The first-order valence-corrected chi connectivity index (χ1v) is 4.73. The summed E-state index contributed by atoms with van der Waals surface area (Å²) in [5, 5.41) is 3.75. The van der Waals surface area contributed by atoms with Crippen LogP contribution in [0.4, 0.5) is 13.2 Å². The summed E-state index contributed by atoms with van der Waals surface area (Å²) in [5.41, 5.74) is 1.23. The zero-order valence-corrected chi connectivity index (χ0v) is 8.78. The highest BCUT2D eigenvalue weighted by molar-refractivity contribution is 5.59. The molecule has 0 N–H and O–H groups in total. The minimum atomic E-state index is -4.67. The number of hydrogen-bond donors (Lipinski definition) is 0. The molecule has 6 heteroatoms. The first kappa shape index (κ1) is 11.5. The molecule has 0 aliphatic carbocycles. The van der Waals surface area contributed by atoms with Gasteiger partial charge in [0.1, 0.15) is 17.2 Å². The Hall–Kier alpha value is -1.98. The summed E-state index contributed by atoms with van der Waals surface area (Å²) < 4.78 is 44.4. The van der Waals surface area contributed by atoms with Crippen LogP contribution in [0.1, 0.15) is 5.76 Å². The van der Waals surface area contributed by atoms with Gasteiger partial charge in [0.15, 0.2) is 0 Å². The summed E-state index contributed by atoms with van der Waals surface area (Å²) in [4.78, 5) is 0. The highest BCUT2D eigenvalue weighted by Crippen LogP contribution is 2.26. The molecule has 17 heavy (non-hydrogen) atoms. The predicted octanol–water partition coefficient (Wildman–Crippen LogP) is 3.55. The van der Waals surface area contributed by atoms with E-state index >= 15 is 0 Å². The van der Waals surface area contributed by atoms with Gasteiger partial charge in [0.2, 0.25) is 0 Å². The van der Waals surface area contributed by atoms with Crippen LogP contribution in [0, 0.1) is 6.92 Å². The standard InChI is InChI=1S/C11H8F3NO2/c1-7-6-10(15-17-7)8-2-4-9(5-3-8)16-11(12,13)14/h2-6H,1H3. The van der Waals surface area contributed by atoms with E-state index in [4.69, 9.17) is 4.52 Å². The molecule has 0 aliphatic heterocycles. The second kappa shape index (κ2) is 4.12. The average molecular weight is 243 g/mol. The molecule has 1 aromatic heterocycles. The van der Waals surface area contributed by atoms with Crippen LogP contribution in [0.2, 0.25) is 0 Å². The van der Waals surface area contributed by atoms with E-state index in [0.717, 1.165) is 0 Å². The number of hydrogen-bond acceptors (Lipinski definition) is 3. The normalized spacial score (nSPS) is 11.5. The zero-order chi connectivity index (χ0) is 12.5. The van der Waals surface area contributed by atoms with Crippen LogP contribution >= 0.6 is 0 Å². The number of halogens is 3. The van der Waals surface area contributed by atoms with Crippen molar-refractivity contribution in [3.05, 3.63) is 36.1 Å². The quantitative estimate of drug-likeness (QED) is 0.809. The van der Waals surface area contributed by atoms with Crippen molar-refractivity contribution in [3.8, 4) is 17.0 Å². The van der Waals surface area contributed by atoms with Crippen LogP contribution in [0.15, 0.2) is 34.9 Å². The van der Waals surface area contributed by atoms with E-state index in [9.17, 15) is 13.2 Å². The van der Waals surface area contributed by atoms with E-state index in [0.29, 0.717) is 17.0 Å². The van der Waals surface area contributed by atoms with Gasteiger partial charge in [-0.15, -0.1) is 13.2 Å². The van der Waals surface area contributed by atoms with Crippen molar-refractivity contribution in [1.82, 2.24) is 5.16 Å². The molecular weight excluding hydrogens is 235 g/mol. The molecule has 0 saturated carbocycles. The second-order valence-electron chi connectivity index (χ2n) is 3.39. The van der Waals surface area contributed by atoms with Crippen LogP contribution in [0.3, 0.4) is 0 Å². The smallest absolute Gasteiger partial charge is 0.406 e. The summed E-state index contributed by atoms with van der Waals surface area (Å²) >= 11 is 0. The van der Waals surface area contributed by atoms with Gasteiger partial charge < -0.3 is 9.26 Å². The SMILES string of the molecule is Cc1cc(-c2ccc(OC(F)(F)F)cc2)no1. The Labute approximate surface area is 94.8 Å². The molecule has 0 saturated heterocycles. The predicted molar refractivity (Wildman–Crippen MR) is 53.4 cm³/mol. The van der Waals surface area contributed by atoms with Crippen LogP contribution in [-0.4, -0.2) is 11.5 Å². The van der Waals surface area contributed by atoms with Gasteiger partial charge in [-0.25, -0.2) is 0 Å². The van der Waals surface area contributed by atoms with E-state index in [1.54, 1.807) is 13.0 Å². The first-order valence-electron chi connectivity index (χ1n) is 4.73. The van der Waals surface area contributed by atoms with Gasteiger partial charge >= 0.3 is 6.36 Å². The van der Waals surface area contributed by atoms with E-state index in [-0.39, 0.29) is 5.75 Å². The van der Waals surface area contributed by atoms with Crippen molar-refractivity contribution in [2.45, 2.75) is 13.3 Å². The van der Waals surface area contributed by atoms with Gasteiger partial charge in [-0.3, -0.25) is 0 Å². The zero-order valence-electron chi connectivity index (χ0n) is 8.78. The molecule has 90 valence electrons. The molecule has 0 fully saturated rings. The van der Waals surface area contributed by atoms with Gasteiger partial charge in [-0.2, -0.15) is 0 Å². The Kier molecular flexibility index (Phi) is 2.79. The maximum Gasteiger partial charge on any atom is 0.573 e. The number of benzene rings is 1. The molecule has 0 aliphatic rings. The van der Waals surface area contributed by atoms with Crippen molar-refractivity contribution in [2.75, 3.05) is 0 Å². The van der Waals surface area contributed by atoms with Crippen molar-refractivity contribution in [2.24, 2.45) is 0 Å². The van der Waals surface area contributed by atoms with Crippen LogP contribution in [0.5, 0.6) is 5.75 Å². The molecule has 3 nitrogen and oxygen atoms in total. The highest BCUT2D eigenvalue weighted by Gasteiger charge is 2.30. The van der Waals surface area contributed by atoms with Crippen LogP contribution in [-0.2, 0) is 0 Å². The molecule has 0 bridgehead atoms. The number of ether oxygens (including phenoxy) is 1. The largest absolute Gasteiger partial charge is 0.573 e. The molecule has 0 spiro atoms. The second-order valence-corrected chi connectivity index (χ2v) is 3.39. The number of alkyl halides is 3. The molecule has 0 atom stereocenters. The lowest BCUT2D eigenvalue weighted by atomic mass is 10.1. The number of aryl methyl sites for hydroxylation is 1. The molecule has 0 unspecified atom stereocenters.